The van der Waals surface area contributed by atoms with E-state index in [0.717, 1.165) is 16.2 Å². The lowest BCUT2D eigenvalue weighted by molar-refractivity contribution is 0.100. The molecule has 0 saturated carbocycles. The number of ether oxygens (including phenoxy) is 1. The zero-order valence-corrected chi connectivity index (χ0v) is 22.0. The molecule has 4 heterocycles. The molecule has 4 aromatic heterocycles. The van der Waals surface area contributed by atoms with Gasteiger partial charge in [-0.3, -0.25) is 9.59 Å². The first-order valence-corrected chi connectivity index (χ1v) is 13.1. The molecule has 0 spiro atoms. The van der Waals surface area contributed by atoms with Crippen LogP contribution in [0.15, 0.2) is 54.7 Å². The molecule has 0 fully saturated rings. The van der Waals surface area contributed by atoms with Crippen LogP contribution >= 0.6 is 34.3 Å². The largest absolute Gasteiger partial charge is 0.471 e. The molecule has 194 valence electrons. The van der Waals surface area contributed by atoms with Gasteiger partial charge in [-0.05, 0) is 49.4 Å². The Balaban J connectivity index is 1.49. The molecule has 2 amide bonds. The first-order chi connectivity index (χ1) is 18.2. The summed E-state index contributed by atoms with van der Waals surface area (Å²) in [6, 6.07) is 13.2. The Morgan fingerprint density at radius 2 is 2.00 bits per heavy atom. The van der Waals surface area contributed by atoms with Crippen LogP contribution in [0.3, 0.4) is 0 Å². The average molecular weight is 574 g/mol. The van der Waals surface area contributed by atoms with E-state index in [2.05, 4.69) is 15.4 Å². The van der Waals surface area contributed by atoms with Crippen LogP contribution in [0, 0.1) is 6.92 Å². The van der Waals surface area contributed by atoms with Gasteiger partial charge in [0.2, 0.25) is 0 Å². The first-order valence-electron chi connectivity index (χ1n) is 11.0. The Labute approximate surface area is 227 Å². The topological polar surface area (TPSA) is 112 Å². The van der Waals surface area contributed by atoms with Crippen molar-refractivity contribution >= 4 is 62.0 Å². The Kier molecular flexibility index (Phi) is 7.11. The van der Waals surface area contributed by atoms with Gasteiger partial charge in [0.15, 0.2) is 12.4 Å². The van der Waals surface area contributed by atoms with Gasteiger partial charge in [0, 0.05) is 31.9 Å². The van der Waals surface area contributed by atoms with Crippen molar-refractivity contribution in [2.75, 3.05) is 5.32 Å². The summed E-state index contributed by atoms with van der Waals surface area (Å²) >= 11 is 8.20. The Hall–Kier alpha value is -3.87. The summed E-state index contributed by atoms with van der Waals surface area (Å²) in [7, 11) is 0. The van der Waals surface area contributed by atoms with Gasteiger partial charge in [0.05, 0.1) is 5.69 Å². The molecule has 0 aliphatic carbocycles. The van der Waals surface area contributed by atoms with Crippen LogP contribution in [0.5, 0.6) is 5.75 Å². The number of fused-ring (bicyclic) bond motifs is 1. The van der Waals surface area contributed by atoms with Crippen LogP contribution in [0.25, 0.3) is 20.7 Å². The van der Waals surface area contributed by atoms with E-state index >= 15 is 0 Å². The van der Waals surface area contributed by atoms with E-state index < -0.39 is 23.9 Å². The molecule has 1 aromatic carbocycles. The van der Waals surface area contributed by atoms with Crippen LogP contribution in [0.2, 0.25) is 5.02 Å². The van der Waals surface area contributed by atoms with Gasteiger partial charge in [-0.15, -0.1) is 22.7 Å². The molecular weight excluding hydrogens is 556 g/mol. The van der Waals surface area contributed by atoms with Crippen LogP contribution in [-0.4, -0.2) is 26.6 Å². The molecule has 0 aliphatic rings. The first kappa shape index (κ1) is 25.8. The number of nitrogens with one attached hydrogen (secondary N) is 1. The summed E-state index contributed by atoms with van der Waals surface area (Å²) in [6.45, 7) is 1.90. The number of rotatable bonds is 8. The van der Waals surface area contributed by atoms with Gasteiger partial charge < -0.3 is 15.8 Å². The predicted molar refractivity (Wildman–Crippen MR) is 143 cm³/mol. The molecule has 0 saturated heterocycles. The number of nitrogens with two attached hydrogens (primary N) is 1. The second-order valence-electron chi connectivity index (χ2n) is 8.08. The zero-order chi connectivity index (χ0) is 27.0. The number of carbonyl (C=O) groups excluding carboxylic acids is 2. The lowest BCUT2D eigenvalue weighted by Gasteiger charge is -2.09. The van der Waals surface area contributed by atoms with Crippen molar-refractivity contribution in [2.24, 2.45) is 5.73 Å². The SMILES string of the molecule is Cc1ccc(-c2cc(C(F)F)nc3sc(C(N)=O)c(NC(=O)c4ccn(COc5cccc(Cl)c5)n4)c23)s1. The number of halogens is 3. The van der Waals surface area contributed by atoms with Crippen LogP contribution in [0.4, 0.5) is 14.5 Å². The van der Waals surface area contributed by atoms with E-state index in [0.29, 0.717) is 26.6 Å². The Morgan fingerprint density at radius 1 is 1.18 bits per heavy atom. The summed E-state index contributed by atoms with van der Waals surface area (Å²) < 4.78 is 34.3. The average Bonchev–Trinajstić information content (AvgIpc) is 3.61. The molecule has 0 radical (unpaired) electrons. The number of benzene rings is 1. The summed E-state index contributed by atoms with van der Waals surface area (Å²) in [5, 5.41) is 7.80. The number of aromatic nitrogens is 3. The molecule has 5 aromatic rings. The van der Waals surface area contributed by atoms with Crippen LogP contribution in [-0.2, 0) is 6.73 Å². The van der Waals surface area contributed by atoms with E-state index in [9.17, 15) is 18.4 Å². The fourth-order valence-corrected chi connectivity index (χ4v) is 5.81. The molecule has 8 nitrogen and oxygen atoms in total. The fraction of sp³-hybridized carbons (Fsp3) is 0.120. The zero-order valence-electron chi connectivity index (χ0n) is 19.6. The van der Waals surface area contributed by atoms with Crippen LogP contribution < -0.4 is 15.8 Å². The summed E-state index contributed by atoms with van der Waals surface area (Å²) in [6.07, 6.45) is -1.27. The van der Waals surface area contributed by atoms with E-state index in [1.807, 2.05) is 13.0 Å². The minimum atomic E-state index is -2.82. The maximum absolute atomic E-state index is 13.6. The van der Waals surface area contributed by atoms with Crippen molar-refractivity contribution in [3.8, 4) is 16.2 Å². The number of alkyl halides is 2. The smallest absolute Gasteiger partial charge is 0.280 e. The lowest BCUT2D eigenvalue weighted by atomic mass is 10.1. The lowest BCUT2D eigenvalue weighted by Crippen LogP contribution is -2.17. The minimum Gasteiger partial charge on any atom is -0.471 e. The maximum atomic E-state index is 13.6. The molecular formula is C25H18ClF2N5O3S2. The van der Waals surface area contributed by atoms with Crippen LogP contribution in [0.1, 0.15) is 37.2 Å². The standard InChI is InChI=1S/C25H18ClF2N5O3S2/c1-12-5-6-18(37-12)15-10-17(22(27)28)30-25-19(15)20(21(38-25)23(29)34)31-24(35)16-7-8-33(32-16)11-36-14-4-2-3-13(26)9-14/h2-10,22H,11H2,1H3,(H2,29,34)(H,31,35). The monoisotopic (exact) mass is 573 g/mol. The normalized spacial score (nSPS) is 11.3. The van der Waals surface area contributed by atoms with Gasteiger partial charge in [-0.1, -0.05) is 17.7 Å². The molecule has 5 rings (SSSR count). The van der Waals surface area contributed by atoms with Crippen molar-refractivity contribution in [1.82, 2.24) is 14.8 Å². The highest BCUT2D eigenvalue weighted by Gasteiger charge is 2.26. The predicted octanol–water partition coefficient (Wildman–Crippen LogP) is 6.51. The molecule has 0 atom stereocenters. The summed E-state index contributed by atoms with van der Waals surface area (Å²) in [4.78, 5) is 31.3. The Bertz CT molecular complexity index is 1680. The van der Waals surface area contributed by atoms with Gasteiger partial charge in [-0.25, -0.2) is 18.4 Å². The fourth-order valence-electron chi connectivity index (χ4n) is 3.73. The quantitative estimate of drug-likeness (QED) is 0.220. The number of hydrogen-bond donors (Lipinski definition) is 2. The number of amides is 2. The summed E-state index contributed by atoms with van der Waals surface area (Å²) in [5.41, 5.74) is 5.72. The number of primary amides is 1. The highest BCUT2D eigenvalue weighted by Crippen LogP contribution is 2.44. The molecule has 13 heteroatoms. The van der Waals surface area contributed by atoms with Gasteiger partial charge >= 0.3 is 0 Å². The minimum absolute atomic E-state index is 0.00878. The number of hydrogen-bond acceptors (Lipinski definition) is 7. The number of nitrogens with zero attached hydrogens (tertiary/aromatic N) is 3. The molecule has 0 aliphatic heterocycles. The van der Waals surface area contributed by atoms with Gasteiger partial charge in [0.25, 0.3) is 18.2 Å². The third-order valence-electron chi connectivity index (χ3n) is 5.41. The third kappa shape index (κ3) is 5.23. The molecule has 38 heavy (non-hydrogen) atoms. The summed E-state index contributed by atoms with van der Waals surface area (Å²) in [5.74, 6) is -0.919. The number of pyridine rings is 1. The van der Waals surface area contributed by atoms with Gasteiger partial charge in [-0.2, -0.15) is 5.10 Å². The number of aryl methyl sites for hydroxylation is 1. The maximum Gasteiger partial charge on any atom is 0.280 e. The van der Waals surface area contributed by atoms with Crippen molar-refractivity contribution in [3.63, 3.8) is 0 Å². The van der Waals surface area contributed by atoms with Gasteiger partial charge in [0.1, 0.15) is 21.2 Å². The van der Waals surface area contributed by atoms with E-state index in [-0.39, 0.29) is 27.8 Å². The number of carbonyl (C=O) groups is 2. The van der Waals surface area contributed by atoms with E-state index in [1.54, 1.807) is 36.5 Å². The van der Waals surface area contributed by atoms with E-state index in [1.165, 1.54) is 28.2 Å². The van der Waals surface area contributed by atoms with Crippen molar-refractivity contribution in [1.29, 1.82) is 0 Å². The number of thiophene rings is 2. The second-order valence-corrected chi connectivity index (χ2v) is 10.8. The van der Waals surface area contributed by atoms with E-state index in [4.69, 9.17) is 22.1 Å². The van der Waals surface area contributed by atoms with Crippen molar-refractivity contribution in [2.45, 2.75) is 20.1 Å². The van der Waals surface area contributed by atoms with Crippen molar-refractivity contribution in [3.05, 3.63) is 80.9 Å². The molecule has 3 N–H and O–H groups in total. The van der Waals surface area contributed by atoms with Crippen molar-refractivity contribution < 1.29 is 23.1 Å². The molecule has 0 bridgehead atoms. The third-order valence-corrected chi connectivity index (χ3v) is 7.77. The number of anilines is 1. The molecule has 0 unspecified atom stereocenters. The second kappa shape index (κ2) is 10.5. The Morgan fingerprint density at radius 3 is 2.68 bits per heavy atom. The highest BCUT2D eigenvalue weighted by atomic mass is 35.5. The highest BCUT2D eigenvalue weighted by molar-refractivity contribution is 7.21.